The minimum Gasteiger partial charge on any atom is -0.354 e. The van der Waals surface area contributed by atoms with Crippen molar-refractivity contribution in [3.63, 3.8) is 0 Å². The number of rotatable bonds is 8. The molecule has 3 N–H and O–H groups in total. The van der Waals surface area contributed by atoms with Crippen LogP contribution in [0, 0.1) is 0 Å². The van der Waals surface area contributed by atoms with Crippen LogP contribution in [0.2, 0.25) is 5.02 Å². The Morgan fingerprint density at radius 1 is 1.21 bits per heavy atom. The molecule has 0 spiro atoms. The SMILES string of the molecule is CCN1C(=O)CN(CCC(F)(F)F)Cc2ccc(Nc3ncc(Cl)c(Nc4ccsc4C(=O)NC)n3)cc21. The van der Waals surface area contributed by atoms with Crippen molar-refractivity contribution in [1.29, 1.82) is 0 Å². The molecule has 0 saturated carbocycles. The zero-order chi connectivity index (χ0) is 27.4. The van der Waals surface area contributed by atoms with Crippen LogP contribution >= 0.6 is 22.9 Å². The number of aromatic nitrogens is 2. The number of thiophene rings is 1. The van der Waals surface area contributed by atoms with Crippen LogP contribution in [0.3, 0.4) is 0 Å². The normalized spacial score (nSPS) is 14.2. The molecule has 2 amide bonds. The summed E-state index contributed by atoms with van der Waals surface area (Å²) >= 11 is 7.55. The van der Waals surface area contributed by atoms with E-state index in [1.165, 1.54) is 22.4 Å². The lowest BCUT2D eigenvalue weighted by molar-refractivity contribution is -0.139. The molecule has 1 aliphatic rings. The van der Waals surface area contributed by atoms with E-state index < -0.39 is 12.6 Å². The second-order valence-corrected chi connectivity index (χ2v) is 9.76. The van der Waals surface area contributed by atoms with Gasteiger partial charge in [0.15, 0.2) is 5.82 Å². The number of nitrogens with one attached hydrogen (secondary N) is 3. The molecule has 3 aromatic rings. The number of anilines is 5. The molecule has 0 saturated heterocycles. The van der Waals surface area contributed by atoms with Gasteiger partial charge in [-0.3, -0.25) is 14.5 Å². The number of carbonyl (C=O) groups excluding carboxylic acids is 2. The molecule has 1 aliphatic heterocycles. The van der Waals surface area contributed by atoms with Crippen LogP contribution in [-0.2, 0) is 11.3 Å². The lowest BCUT2D eigenvalue weighted by atomic mass is 10.1. The van der Waals surface area contributed by atoms with Crippen molar-refractivity contribution in [2.75, 3.05) is 42.2 Å². The van der Waals surface area contributed by atoms with Crippen LogP contribution < -0.4 is 20.9 Å². The number of alkyl halides is 3. The van der Waals surface area contributed by atoms with Crippen molar-refractivity contribution in [2.24, 2.45) is 0 Å². The third kappa shape index (κ3) is 6.52. The molecule has 4 rings (SSSR count). The van der Waals surface area contributed by atoms with Gasteiger partial charge < -0.3 is 20.9 Å². The Hall–Kier alpha value is -3.42. The van der Waals surface area contributed by atoms with Crippen LogP contribution in [0.4, 0.5) is 42.0 Å². The number of amides is 2. The second-order valence-electron chi connectivity index (χ2n) is 8.44. The highest BCUT2D eigenvalue weighted by atomic mass is 35.5. The van der Waals surface area contributed by atoms with Gasteiger partial charge in [-0.15, -0.1) is 11.3 Å². The first-order valence-corrected chi connectivity index (χ1v) is 12.9. The van der Waals surface area contributed by atoms with E-state index in [9.17, 15) is 22.8 Å². The lowest BCUT2D eigenvalue weighted by Gasteiger charge is -2.22. The Morgan fingerprint density at radius 2 is 2.00 bits per heavy atom. The zero-order valence-electron chi connectivity index (χ0n) is 20.5. The van der Waals surface area contributed by atoms with Gasteiger partial charge in [-0.05, 0) is 36.1 Å². The van der Waals surface area contributed by atoms with Gasteiger partial charge in [0.2, 0.25) is 11.9 Å². The summed E-state index contributed by atoms with van der Waals surface area (Å²) in [6.07, 6.45) is -3.87. The van der Waals surface area contributed by atoms with Crippen molar-refractivity contribution in [3.05, 3.63) is 51.3 Å². The molecule has 0 fully saturated rings. The fourth-order valence-electron chi connectivity index (χ4n) is 3.99. The first-order chi connectivity index (χ1) is 18.1. The van der Waals surface area contributed by atoms with Gasteiger partial charge in [0, 0.05) is 32.4 Å². The third-order valence-corrected chi connectivity index (χ3v) is 7.00. The summed E-state index contributed by atoms with van der Waals surface area (Å²) in [5.74, 6) is -0.0259. The number of carbonyl (C=O) groups is 2. The summed E-state index contributed by atoms with van der Waals surface area (Å²) in [4.78, 5) is 37.1. The minimum atomic E-state index is -4.30. The molecule has 2 aromatic heterocycles. The number of likely N-dealkylation sites (N-methyl/N-ethyl adjacent to an activating group) is 1. The maximum Gasteiger partial charge on any atom is 0.390 e. The highest BCUT2D eigenvalue weighted by Crippen LogP contribution is 2.32. The molecular formula is C24H25ClF3N7O2S. The molecule has 14 heteroatoms. The molecule has 1 aromatic carbocycles. The van der Waals surface area contributed by atoms with Crippen molar-refractivity contribution in [1.82, 2.24) is 20.2 Å². The van der Waals surface area contributed by atoms with Crippen LogP contribution in [0.25, 0.3) is 0 Å². The Bertz CT molecular complexity index is 1330. The first kappa shape index (κ1) is 27.6. The third-order valence-electron chi connectivity index (χ3n) is 5.81. The lowest BCUT2D eigenvalue weighted by Crippen LogP contribution is -2.38. The van der Waals surface area contributed by atoms with Gasteiger partial charge in [-0.25, -0.2) is 4.98 Å². The Balaban J connectivity index is 1.56. The average Bonchev–Trinajstić information content (AvgIpc) is 3.28. The van der Waals surface area contributed by atoms with E-state index in [1.807, 2.05) is 6.92 Å². The number of benzene rings is 1. The topological polar surface area (TPSA) is 102 Å². The number of fused-ring (bicyclic) bond motifs is 1. The van der Waals surface area contributed by atoms with Crippen LogP contribution in [0.1, 0.15) is 28.6 Å². The molecule has 0 unspecified atom stereocenters. The van der Waals surface area contributed by atoms with Gasteiger partial charge in [0.25, 0.3) is 5.91 Å². The molecule has 0 atom stereocenters. The summed E-state index contributed by atoms with van der Waals surface area (Å²) in [6.45, 7) is 2.03. The van der Waals surface area contributed by atoms with Crippen molar-refractivity contribution >= 4 is 63.6 Å². The Morgan fingerprint density at radius 3 is 2.71 bits per heavy atom. The van der Waals surface area contributed by atoms with Gasteiger partial charge in [-0.1, -0.05) is 17.7 Å². The summed E-state index contributed by atoms with van der Waals surface area (Å²) < 4.78 is 38.3. The summed E-state index contributed by atoms with van der Waals surface area (Å²) in [7, 11) is 1.54. The molecule has 38 heavy (non-hydrogen) atoms. The zero-order valence-corrected chi connectivity index (χ0v) is 22.1. The summed E-state index contributed by atoms with van der Waals surface area (Å²) in [6, 6.07) is 7.01. The minimum absolute atomic E-state index is 0.0999. The standard InChI is InChI=1S/C24H25ClF3N7O2S/c1-3-35-18-10-15(5-4-14(18)12-34(13-19(35)36)8-7-24(26,27)28)31-23-30-11-16(25)21(33-23)32-17-6-9-38-20(17)22(37)29-2/h4-6,9-11H,3,7-8,12-13H2,1-2H3,(H,29,37)(H2,30,31,32,33). The maximum absolute atomic E-state index is 12.9. The maximum atomic E-state index is 12.9. The van der Waals surface area contributed by atoms with E-state index in [4.69, 9.17) is 11.6 Å². The molecule has 9 nitrogen and oxygen atoms in total. The van der Waals surface area contributed by atoms with E-state index in [0.29, 0.717) is 28.5 Å². The van der Waals surface area contributed by atoms with E-state index in [0.717, 1.165) is 5.56 Å². The summed E-state index contributed by atoms with van der Waals surface area (Å²) in [5.41, 5.74) is 2.47. The Kier molecular flexibility index (Phi) is 8.38. The smallest absolute Gasteiger partial charge is 0.354 e. The largest absolute Gasteiger partial charge is 0.390 e. The average molecular weight is 568 g/mol. The molecule has 0 radical (unpaired) electrons. The molecule has 0 aliphatic carbocycles. The molecular weight excluding hydrogens is 543 g/mol. The molecule has 3 heterocycles. The van der Waals surface area contributed by atoms with Gasteiger partial charge >= 0.3 is 6.18 Å². The summed E-state index contributed by atoms with van der Waals surface area (Å²) in [5, 5.41) is 10.7. The van der Waals surface area contributed by atoms with E-state index >= 15 is 0 Å². The Labute approximate surface area is 226 Å². The van der Waals surface area contributed by atoms with Gasteiger partial charge in [0.05, 0.1) is 30.5 Å². The second kappa shape index (κ2) is 11.5. The molecule has 202 valence electrons. The van der Waals surface area contributed by atoms with Crippen molar-refractivity contribution < 1.29 is 22.8 Å². The highest BCUT2D eigenvalue weighted by molar-refractivity contribution is 7.12. The van der Waals surface area contributed by atoms with E-state index in [-0.39, 0.29) is 48.2 Å². The van der Waals surface area contributed by atoms with E-state index in [1.54, 1.807) is 41.6 Å². The predicted octanol–water partition coefficient (Wildman–Crippen LogP) is 5.16. The van der Waals surface area contributed by atoms with Crippen LogP contribution in [-0.4, -0.2) is 59.5 Å². The van der Waals surface area contributed by atoms with Crippen molar-refractivity contribution in [3.8, 4) is 0 Å². The highest BCUT2D eigenvalue weighted by Gasteiger charge is 2.31. The number of hydrogen-bond acceptors (Lipinski definition) is 8. The quantitative estimate of drug-likeness (QED) is 0.345. The van der Waals surface area contributed by atoms with Crippen molar-refractivity contribution in [2.45, 2.75) is 26.1 Å². The van der Waals surface area contributed by atoms with Crippen LogP contribution in [0.5, 0.6) is 0 Å². The fourth-order valence-corrected chi connectivity index (χ4v) is 4.93. The number of hydrogen-bond donors (Lipinski definition) is 3. The van der Waals surface area contributed by atoms with Gasteiger partial charge in [0.1, 0.15) is 9.90 Å². The fraction of sp³-hybridized carbons (Fsp3) is 0.333. The number of halogens is 4. The van der Waals surface area contributed by atoms with E-state index in [2.05, 4.69) is 25.9 Å². The van der Waals surface area contributed by atoms with Crippen LogP contribution in [0.15, 0.2) is 35.8 Å². The number of nitrogens with zero attached hydrogens (tertiary/aromatic N) is 4. The molecule has 0 bridgehead atoms. The van der Waals surface area contributed by atoms with Gasteiger partial charge in [-0.2, -0.15) is 18.2 Å². The monoisotopic (exact) mass is 567 g/mol. The predicted molar refractivity (Wildman–Crippen MR) is 142 cm³/mol. The first-order valence-electron chi connectivity index (χ1n) is 11.7.